The van der Waals surface area contributed by atoms with Crippen molar-refractivity contribution < 1.29 is 4.39 Å². The number of hydrogen-bond donors (Lipinski definition) is 1. The summed E-state index contributed by atoms with van der Waals surface area (Å²) in [7, 11) is 0. The van der Waals surface area contributed by atoms with Crippen molar-refractivity contribution in [2.24, 2.45) is 0 Å². The topological polar surface area (TPSA) is 56.7 Å². The molecule has 2 heterocycles. The number of anilines is 1. The summed E-state index contributed by atoms with van der Waals surface area (Å²) in [5.41, 5.74) is 6.88. The van der Waals surface area contributed by atoms with Crippen molar-refractivity contribution in [3.63, 3.8) is 0 Å². The number of aryl methyl sites for hydroxylation is 2. The van der Waals surface area contributed by atoms with Gasteiger partial charge in [-0.25, -0.2) is 14.4 Å². The van der Waals surface area contributed by atoms with Gasteiger partial charge in [0.1, 0.15) is 5.52 Å². The summed E-state index contributed by atoms with van der Waals surface area (Å²) in [6.07, 6.45) is 2.54. The number of aromatic nitrogens is 3. The van der Waals surface area contributed by atoms with Gasteiger partial charge in [0.15, 0.2) is 5.82 Å². The summed E-state index contributed by atoms with van der Waals surface area (Å²) in [6, 6.07) is 4.88. The van der Waals surface area contributed by atoms with Gasteiger partial charge >= 0.3 is 0 Å². The van der Waals surface area contributed by atoms with Crippen LogP contribution in [0.1, 0.15) is 5.01 Å². The monoisotopic (exact) mass is 262 g/mol. The van der Waals surface area contributed by atoms with Crippen molar-refractivity contribution in [2.75, 3.05) is 5.73 Å². The predicted molar refractivity (Wildman–Crippen MR) is 69.9 cm³/mol. The highest BCUT2D eigenvalue weighted by atomic mass is 32.1. The van der Waals surface area contributed by atoms with Crippen LogP contribution in [0.4, 0.5) is 10.3 Å². The maximum absolute atomic E-state index is 13.6. The van der Waals surface area contributed by atoms with E-state index in [-0.39, 0.29) is 5.82 Å². The second kappa shape index (κ2) is 4.38. The summed E-state index contributed by atoms with van der Waals surface area (Å²) in [5.74, 6) is -0.00106. The van der Waals surface area contributed by atoms with Crippen LogP contribution in [0.5, 0.6) is 0 Å². The summed E-state index contributed by atoms with van der Waals surface area (Å²) in [4.78, 5) is 8.27. The number of nitrogens with two attached hydrogens (primary N) is 1. The Morgan fingerprint density at radius 2 is 2.28 bits per heavy atom. The number of benzene rings is 1. The number of nitrogen functional groups attached to an aromatic ring is 1. The Balaban J connectivity index is 1.96. The summed E-state index contributed by atoms with van der Waals surface area (Å²) in [5, 5.41) is 2.97. The van der Waals surface area contributed by atoms with Gasteiger partial charge in [0.2, 0.25) is 5.95 Å². The first-order valence-corrected chi connectivity index (χ1v) is 6.42. The molecular weight excluding hydrogens is 251 g/mol. The van der Waals surface area contributed by atoms with Gasteiger partial charge < -0.3 is 10.3 Å². The van der Waals surface area contributed by atoms with E-state index in [0.29, 0.717) is 18.0 Å². The molecule has 0 bridgehead atoms. The minimum Gasteiger partial charge on any atom is -0.369 e. The number of hydrogen-bond acceptors (Lipinski definition) is 4. The van der Waals surface area contributed by atoms with Crippen molar-refractivity contribution in [2.45, 2.75) is 13.0 Å². The fraction of sp³-hybridized carbons (Fsp3) is 0.167. The van der Waals surface area contributed by atoms with Gasteiger partial charge in [-0.3, -0.25) is 0 Å². The molecule has 0 aliphatic rings. The Morgan fingerprint density at radius 1 is 1.39 bits per heavy atom. The molecule has 4 nitrogen and oxygen atoms in total. The lowest BCUT2D eigenvalue weighted by molar-refractivity contribution is 0.637. The SMILES string of the molecule is Nc1nc2c(F)cccc2n1CCc1nccs1. The van der Waals surface area contributed by atoms with Gasteiger partial charge in [0, 0.05) is 24.5 Å². The van der Waals surface area contributed by atoms with Gasteiger partial charge in [-0.15, -0.1) is 11.3 Å². The van der Waals surface area contributed by atoms with Crippen molar-refractivity contribution in [3.8, 4) is 0 Å². The maximum atomic E-state index is 13.6. The third-order valence-electron chi connectivity index (χ3n) is 2.79. The molecule has 1 aromatic carbocycles. The van der Waals surface area contributed by atoms with Crippen LogP contribution in [0.3, 0.4) is 0 Å². The summed E-state index contributed by atoms with van der Waals surface area (Å²) >= 11 is 1.60. The molecule has 6 heteroatoms. The molecule has 3 aromatic rings. The number of para-hydroxylation sites is 1. The van der Waals surface area contributed by atoms with Crippen LogP contribution in [0.2, 0.25) is 0 Å². The molecule has 0 unspecified atom stereocenters. The normalized spacial score (nSPS) is 11.2. The fourth-order valence-corrected chi connectivity index (χ4v) is 2.56. The van der Waals surface area contributed by atoms with Crippen LogP contribution in [0, 0.1) is 5.82 Å². The van der Waals surface area contributed by atoms with Crippen LogP contribution in [-0.2, 0) is 13.0 Å². The van der Waals surface area contributed by atoms with Crippen LogP contribution < -0.4 is 5.73 Å². The molecule has 0 saturated carbocycles. The van der Waals surface area contributed by atoms with E-state index in [1.807, 2.05) is 16.0 Å². The lowest BCUT2D eigenvalue weighted by Gasteiger charge is -2.04. The van der Waals surface area contributed by atoms with E-state index in [4.69, 9.17) is 5.73 Å². The molecule has 2 N–H and O–H groups in total. The molecule has 2 aromatic heterocycles. The molecule has 3 rings (SSSR count). The van der Waals surface area contributed by atoms with E-state index >= 15 is 0 Å². The average molecular weight is 262 g/mol. The number of rotatable bonds is 3. The Kier molecular flexibility index (Phi) is 2.71. The average Bonchev–Trinajstić information content (AvgIpc) is 2.95. The molecular formula is C12H11FN4S. The molecule has 0 saturated heterocycles. The lowest BCUT2D eigenvalue weighted by atomic mass is 10.3. The molecule has 0 spiro atoms. The highest BCUT2D eigenvalue weighted by molar-refractivity contribution is 7.09. The van der Waals surface area contributed by atoms with Crippen molar-refractivity contribution in [1.29, 1.82) is 0 Å². The van der Waals surface area contributed by atoms with E-state index in [0.717, 1.165) is 16.9 Å². The minimum atomic E-state index is -0.341. The molecule has 0 aliphatic heterocycles. The minimum absolute atomic E-state index is 0.328. The number of imidazole rings is 1. The first kappa shape index (κ1) is 11.2. The Morgan fingerprint density at radius 3 is 3.06 bits per heavy atom. The largest absolute Gasteiger partial charge is 0.369 e. The molecule has 92 valence electrons. The van der Waals surface area contributed by atoms with E-state index < -0.39 is 0 Å². The Labute approximate surface area is 107 Å². The fourth-order valence-electron chi connectivity index (χ4n) is 1.95. The molecule has 0 atom stereocenters. The third-order valence-corrected chi connectivity index (χ3v) is 3.63. The molecule has 0 aliphatic carbocycles. The number of fused-ring (bicyclic) bond motifs is 1. The van der Waals surface area contributed by atoms with E-state index in [1.165, 1.54) is 6.07 Å². The van der Waals surface area contributed by atoms with Crippen LogP contribution >= 0.6 is 11.3 Å². The van der Waals surface area contributed by atoms with Crippen LogP contribution in [-0.4, -0.2) is 14.5 Å². The van der Waals surface area contributed by atoms with Gasteiger partial charge in [0.25, 0.3) is 0 Å². The van der Waals surface area contributed by atoms with Gasteiger partial charge in [-0.2, -0.15) is 0 Å². The standard InChI is InChI=1S/C12H11FN4S/c13-8-2-1-3-9-11(8)16-12(14)17(9)6-4-10-15-5-7-18-10/h1-3,5,7H,4,6H2,(H2,14,16). The lowest BCUT2D eigenvalue weighted by Crippen LogP contribution is -2.05. The summed E-state index contributed by atoms with van der Waals surface area (Å²) < 4.78 is 15.4. The smallest absolute Gasteiger partial charge is 0.201 e. The Hall–Kier alpha value is -1.95. The zero-order valence-electron chi connectivity index (χ0n) is 9.51. The predicted octanol–water partition coefficient (Wildman–Crippen LogP) is 2.46. The van der Waals surface area contributed by atoms with Gasteiger partial charge in [-0.05, 0) is 12.1 Å². The van der Waals surface area contributed by atoms with Crippen molar-refractivity contribution in [3.05, 3.63) is 40.6 Å². The molecule has 18 heavy (non-hydrogen) atoms. The molecule has 0 radical (unpaired) electrons. The first-order chi connectivity index (χ1) is 8.75. The summed E-state index contributed by atoms with van der Waals surface area (Å²) in [6.45, 7) is 0.652. The maximum Gasteiger partial charge on any atom is 0.201 e. The highest BCUT2D eigenvalue weighted by Crippen LogP contribution is 2.21. The second-order valence-corrected chi connectivity index (χ2v) is 4.88. The first-order valence-electron chi connectivity index (χ1n) is 5.54. The van der Waals surface area contributed by atoms with E-state index in [2.05, 4.69) is 9.97 Å². The number of thiazole rings is 1. The zero-order valence-corrected chi connectivity index (χ0v) is 10.3. The second-order valence-electron chi connectivity index (χ2n) is 3.91. The van der Waals surface area contributed by atoms with Crippen molar-refractivity contribution in [1.82, 2.24) is 14.5 Å². The van der Waals surface area contributed by atoms with Crippen molar-refractivity contribution >= 4 is 28.3 Å². The van der Waals surface area contributed by atoms with Crippen LogP contribution in [0.25, 0.3) is 11.0 Å². The number of nitrogens with zero attached hydrogens (tertiary/aromatic N) is 3. The van der Waals surface area contributed by atoms with Crippen LogP contribution in [0.15, 0.2) is 29.8 Å². The van der Waals surface area contributed by atoms with Gasteiger partial charge in [0.05, 0.1) is 10.5 Å². The number of halogens is 1. The quantitative estimate of drug-likeness (QED) is 0.788. The van der Waals surface area contributed by atoms with E-state index in [9.17, 15) is 4.39 Å². The third kappa shape index (κ3) is 1.84. The zero-order chi connectivity index (χ0) is 12.5. The molecule has 0 amide bonds. The Bertz CT molecular complexity index is 675. The highest BCUT2D eigenvalue weighted by Gasteiger charge is 2.11. The molecule has 0 fully saturated rings. The van der Waals surface area contributed by atoms with Gasteiger partial charge in [-0.1, -0.05) is 6.07 Å². The van der Waals surface area contributed by atoms with E-state index in [1.54, 1.807) is 23.6 Å².